The molecule has 0 atom stereocenters. The summed E-state index contributed by atoms with van der Waals surface area (Å²) in [5.74, 6) is -0.363. The number of esters is 1. The highest BCUT2D eigenvalue weighted by atomic mass is 16.6. The van der Waals surface area contributed by atoms with Gasteiger partial charge in [0.2, 0.25) is 0 Å². The molecule has 0 unspecified atom stereocenters. The number of rotatable bonds is 5. The third kappa shape index (κ3) is 5.01. The molecule has 1 aromatic heterocycles. The van der Waals surface area contributed by atoms with Gasteiger partial charge < -0.3 is 10.1 Å². The predicted molar refractivity (Wildman–Crippen MR) is 124 cm³/mol. The summed E-state index contributed by atoms with van der Waals surface area (Å²) in [6.07, 6.45) is 3.63. The maximum atomic E-state index is 12.9. The highest BCUT2D eigenvalue weighted by Crippen LogP contribution is 2.30. The van der Waals surface area contributed by atoms with Crippen molar-refractivity contribution in [3.63, 3.8) is 0 Å². The molecule has 0 saturated heterocycles. The van der Waals surface area contributed by atoms with Crippen LogP contribution in [0.3, 0.4) is 0 Å². The Hall–Kier alpha value is -3.86. The first-order chi connectivity index (χ1) is 14.9. The average molecular weight is 412 g/mol. The molecule has 1 heterocycles. The number of benzene rings is 3. The Morgan fingerprint density at radius 3 is 2.42 bits per heavy atom. The molecule has 5 nitrogen and oxygen atoms in total. The topological polar surface area (TPSA) is 56.1 Å². The van der Waals surface area contributed by atoms with Crippen LogP contribution in [0.2, 0.25) is 0 Å². The predicted octanol–water partition coefficient (Wildman–Crippen LogP) is 6.24. The van der Waals surface area contributed by atoms with Crippen LogP contribution < -0.4 is 5.32 Å². The zero-order valence-electron chi connectivity index (χ0n) is 17.9. The van der Waals surface area contributed by atoms with E-state index in [1.807, 2.05) is 106 Å². The van der Waals surface area contributed by atoms with E-state index in [1.54, 1.807) is 10.9 Å². The molecule has 1 N–H and O–H groups in total. The molecule has 0 aliphatic rings. The van der Waals surface area contributed by atoms with Gasteiger partial charge in [0.1, 0.15) is 5.60 Å². The quantitative estimate of drug-likeness (QED) is 0.395. The fourth-order valence-electron chi connectivity index (χ4n) is 3.27. The number of carbonyl (C=O) groups excluding carboxylic acids is 1. The number of hydrogen-bond acceptors (Lipinski definition) is 4. The van der Waals surface area contributed by atoms with E-state index >= 15 is 0 Å². The smallest absolute Gasteiger partial charge is 0.340 e. The van der Waals surface area contributed by atoms with Crippen LogP contribution in [0.5, 0.6) is 0 Å². The van der Waals surface area contributed by atoms with Crippen molar-refractivity contribution in [2.75, 3.05) is 5.32 Å². The normalized spacial score (nSPS) is 11.2. The van der Waals surface area contributed by atoms with Crippen LogP contribution in [0.25, 0.3) is 16.8 Å². The van der Waals surface area contributed by atoms with E-state index in [0.717, 1.165) is 22.5 Å². The molecule has 0 saturated carbocycles. The monoisotopic (exact) mass is 411 g/mol. The number of carbonyl (C=O) groups is 1. The van der Waals surface area contributed by atoms with Crippen LogP contribution in [-0.4, -0.2) is 21.4 Å². The van der Waals surface area contributed by atoms with Crippen molar-refractivity contribution in [1.82, 2.24) is 9.78 Å². The lowest BCUT2D eigenvalue weighted by Crippen LogP contribution is -2.24. The SMILES string of the molecule is CC(C)(C)OC(=O)c1ccc(-c2ccccc2)cc1Nc1cccc(-n2cccn2)c1. The maximum absolute atomic E-state index is 12.9. The number of anilines is 2. The molecule has 0 fully saturated rings. The second-order valence-corrected chi connectivity index (χ2v) is 8.25. The lowest BCUT2D eigenvalue weighted by molar-refractivity contribution is 0.00708. The van der Waals surface area contributed by atoms with E-state index in [0.29, 0.717) is 11.3 Å². The number of aromatic nitrogens is 2. The van der Waals surface area contributed by atoms with E-state index in [4.69, 9.17) is 4.74 Å². The molecule has 0 amide bonds. The number of nitrogens with one attached hydrogen (secondary N) is 1. The van der Waals surface area contributed by atoms with Gasteiger partial charge in [-0.1, -0.05) is 42.5 Å². The van der Waals surface area contributed by atoms with Crippen LogP contribution >= 0.6 is 0 Å². The molecule has 5 heteroatoms. The molecule has 4 aromatic rings. The fourth-order valence-corrected chi connectivity index (χ4v) is 3.27. The van der Waals surface area contributed by atoms with Gasteiger partial charge in [-0.05, 0) is 68.3 Å². The molecule has 0 aliphatic carbocycles. The van der Waals surface area contributed by atoms with Gasteiger partial charge >= 0.3 is 5.97 Å². The van der Waals surface area contributed by atoms with Crippen molar-refractivity contribution in [1.29, 1.82) is 0 Å². The zero-order valence-corrected chi connectivity index (χ0v) is 17.9. The molecule has 156 valence electrons. The van der Waals surface area contributed by atoms with E-state index in [-0.39, 0.29) is 5.97 Å². The van der Waals surface area contributed by atoms with Gasteiger partial charge in [-0.15, -0.1) is 0 Å². The largest absolute Gasteiger partial charge is 0.456 e. The van der Waals surface area contributed by atoms with Gasteiger partial charge in [-0.3, -0.25) is 0 Å². The van der Waals surface area contributed by atoms with Crippen LogP contribution in [0.15, 0.2) is 91.3 Å². The van der Waals surface area contributed by atoms with Gasteiger partial charge in [0.15, 0.2) is 0 Å². The van der Waals surface area contributed by atoms with Gasteiger partial charge in [0.05, 0.1) is 16.9 Å². The average Bonchev–Trinajstić information content (AvgIpc) is 3.28. The zero-order chi connectivity index (χ0) is 21.8. The van der Waals surface area contributed by atoms with Crippen molar-refractivity contribution in [2.45, 2.75) is 26.4 Å². The molecule has 0 bridgehead atoms. The molecular weight excluding hydrogens is 386 g/mol. The number of nitrogens with zero attached hydrogens (tertiary/aromatic N) is 2. The van der Waals surface area contributed by atoms with E-state index < -0.39 is 5.60 Å². The Labute approximate surface area is 182 Å². The standard InChI is InChI=1S/C26H25N3O2/c1-26(2,3)31-25(30)23-14-13-20(19-9-5-4-6-10-19)17-24(23)28-21-11-7-12-22(18-21)29-16-8-15-27-29/h4-18,28H,1-3H3. The summed E-state index contributed by atoms with van der Waals surface area (Å²) in [4.78, 5) is 12.9. The lowest BCUT2D eigenvalue weighted by Gasteiger charge is -2.21. The highest BCUT2D eigenvalue weighted by molar-refractivity contribution is 5.98. The summed E-state index contributed by atoms with van der Waals surface area (Å²) < 4.78 is 7.43. The van der Waals surface area contributed by atoms with Crippen molar-refractivity contribution >= 4 is 17.3 Å². The summed E-state index contributed by atoms with van der Waals surface area (Å²) in [7, 11) is 0. The molecule has 0 spiro atoms. The Bertz CT molecular complexity index is 1180. The van der Waals surface area contributed by atoms with Crippen molar-refractivity contribution < 1.29 is 9.53 Å². The number of hydrogen-bond donors (Lipinski definition) is 1. The Morgan fingerprint density at radius 1 is 0.903 bits per heavy atom. The summed E-state index contributed by atoms with van der Waals surface area (Å²) >= 11 is 0. The van der Waals surface area contributed by atoms with E-state index in [1.165, 1.54) is 0 Å². The van der Waals surface area contributed by atoms with Gasteiger partial charge in [0.25, 0.3) is 0 Å². The first-order valence-corrected chi connectivity index (χ1v) is 10.2. The second kappa shape index (κ2) is 8.48. The first kappa shape index (κ1) is 20.4. The summed E-state index contributed by atoms with van der Waals surface area (Å²) in [6, 6.07) is 25.6. The minimum atomic E-state index is -0.577. The maximum Gasteiger partial charge on any atom is 0.340 e. The summed E-state index contributed by atoms with van der Waals surface area (Å²) in [6.45, 7) is 5.59. The van der Waals surface area contributed by atoms with E-state index in [9.17, 15) is 4.79 Å². The van der Waals surface area contributed by atoms with Crippen LogP contribution in [-0.2, 0) is 4.74 Å². The molecule has 31 heavy (non-hydrogen) atoms. The number of ether oxygens (including phenoxy) is 1. The van der Waals surface area contributed by atoms with Gasteiger partial charge in [0, 0.05) is 18.1 Å². The first-order valence-electron chi connectivity index (χ1n) is 10.2. The van der Waals surface area contributed by atoms with Crippen molar-refractivity contribution in [2.24, 2.45) is 0 Å². The Kier molecular flexibility index (Phi) is 5.58. The molecule has 3 aromatic carbocycles. The fraction of sp³-hybridized carbons (Fsp3) is 0.154. The molecule has 0 radical (unpaired) electrons. The summed E-state index contributed by atoms with van der Waals surface area (Å²) in [5.41, 5.74) is 4.46. The van der Waals surface area contributed by atoms with Crippen molar-refractivity contribution in [3.05, 3.63) is 96.8 Å². The van der Waals surface area contributed by atoms with Crippen LogP contribution in [0.1, 0.15) is 31.1 Å². The van der Waals surface area contributed by atoms with Crippen LogP contribution in [0.4, 0.5) is 11.4 Å². The summed E-state index contributed by atoms with van der Waals surface area (Å²) in [5, 5.41) is 7.70. The van der Waals surface area contributed by atoms with Gasteiger partial charge in [-0.25, -0.2) is 9.48 Å². The van der Waals surface area contributed by atoms with Gasteiger partial charge in [-0.2, -0.15) is 5.10 Å². The highest BCUT2D eigenvalue weighted by Gasteiger charge is 2.21. The second-order valence-electron chi connectivity index (χ2n) is 8.25. The minimum Gasteiger partial charge on any atom is -0.456 e. The van der Waals surface area contributed by atoms with Crippen LogP contribution in [0, 0.1) is 0 Å². The third-order valence-electron chi connectivity index (χ3n) is 4.64. The Balaban J connectivity index is 1.73. The minimum absolute atomic E-state index is 0.363. The third-order valence-corrected chi connectivity index (χ3v) is 4.64. The lowest BCUT2D eigenvalue weighted by atomic mass is 10.0. The molecule has 0 aliphatic heterocycles. The molecular formula is C26H25N3O2. The van der Waals surface area contributed by atoms with E-state index in [2.05, 4.69) is 10.4 Å². The Morgan fingerprint density at radius 2 is 1.71 bits per heavy atom. The molecule has 4 rings (SSSR count). The van der Waals surface area contributed by atoms with Crippen molar-refractivity contribution in [3.8, 4) is 16.8 Å².